The molecule has 1 unspecified atom stereocenters. The minimum absolute atomic E-state index is 0.0334. The van der Waals surface area contributed by atoms with Gasteiger partial charge in [-0.25, -0.2) is 0 Å². The summed E-state index contributed by atoms with van der Waals surface area (Å²) in [5, 5.41) is 18.2. The summed E-state index contributed by atoms with van der Waals surface area (Å²) in [7, 11) is 1.64. The number of likely N-dealkylation sites (tertiary alicyclic amines) is 1. The number of benzene rings is 2. The minimum atomic E-state index is -0.895. The average Bonchev–Trinajstić information content (AvgIpc) is 3.55. The molecular weight excluding hydrogens is 554 g/mol. The quantitative estimate of drug-likeness (QED) is 0.223. The molecule has 2 aliphatic rings. The molecule has 0 bridgehead atoms. The molecule has 0 aromatic heterocycles. The number of carbonyl (C=O) groups excluding carboxylic acids is 2. The molecule has 2 aromatic carbocycles. The van der Waals surface area contributed by atoms with E-state index in [1.54, 1.807) is 24.2 Å². The minimum Gasteiger partial charge on any atom is -0.497 e. The largest absolute Gasteiger partial charge is 0.497 e. The van der Waals surface area contributed by atoms with Gasteiger partial charge < -0.3 is 30.1 Å². The number of hydrogen-bond acceptors (Lipinski definition) is 6. The maximum absolute atomic E-state index is 13.8. The Morgan fingerprint density at radius 2 is 1.91 bits per heavy atom. The zero-order chi connectivity index (χ0) is 31.6. The number of aliphatic hydroxyl groups is 1. The van der Waals surface area contributed by atoms with Crippen molar-refractivity contribution in [3.8, 4) is 5.75 Å². The van der Waals surface area contributed by atoms with Crippen molar-refractivity contribution in [1.82, 2.24) is 15.5 Å². The molecule has 8 nitrogen and oxygen atoms in total. The van der Waals surface area contributed by atoms with Crippen LogP contribution in [0.3, 0.4) is 0 Å². The first-order valence-electron chi connectivity index (χ1n) is 15.8. The fourth-order valence-electron chi connectivity index (χ4n) is 6.51. The summed E-state index contributed by atoms with van der Waals surface area (Å²) >= 11 is 0. The van der Waals surface area contributed by atoms with Crippen molar-refractivity contribution in [2.45, 2.75) is 76.3 Å². The third-order valence-corrected chi connectivity index (χ3v) is 8.72. The van der Waals surface area contributed by atoms with Crippen LogP contribution in [0.5, 0.6) is 5.75 Å². The highest BCUT2D eigenvalue weighted by Crippen LogP contribution is 2.42. The van der Waals surface area contributed by atoms with Crippen LogP contribution in [0.4, 0.5) is 0 Å². The maximum Gasteiger partial charge on any atom is 0.243 e. The van der Waals surface area contributed by atoms with Crippen molar-refractivity contribution < 1.29 is 24.2 Å². The van der Waals surface area contributed by atoms with E-state index in [2.05, 4.69) is 37.6 Å². The van der Waals surface area contributed by atoms with Crippen LogP contribution >= 0.6 is 0 Å². The first-order valence-corrected chi connectivity index (χ1v) is 15.8. The molecule has 44 heavy (non-hydrogen) atoms. The molecule has 4 rings (SSSR count). The Labute approximate surface area is 262 Å². The van der Waals surface area contributed by atoms with Gasteiger partial charge in [0, 0.05) is 25.0 Å². The van der Waals surface area contributed by atoms with E-state index in [4.69, 9.17) is 9.47 Å². The summed E-state index contributed by atoms with van der Waals surface area (Å²) in [5.74, 6) is 0.876. The smallest absolute Gasteiger partial charge is 0.243 e. The van der Waals surface area contributed by atoms with E-state index < -0.39 is 18.2 Å². The van der Waals surface area contributed by atoms with Crippen LogP contribution in [0.2, 0.25) is 0 Å². The van der Waals surface area contributed by atoms with Crippen molar-refractivity contribution in [3.05, 3.63) is 90.5 Å². The van der Waals surface area contributed by atoms with Crippen LogP contribution in [-0.4, -0.2) is 66.8 Å². The van der Waals surface area contributed by atoms with Crippen LogP contribution < -0.4 is 15.4 Å². The van der Waals surface area contributed by atoms with Crippen LogP contribution in [-0.2, 0) is 20.7 Å². The molecule has 1 saturated heterocycles. The molecule has 2 aromatic rings. The molecule has 8 heteroatoms. The zero-order valence-corrected chi connectivity index (χ0v) is 26.4. The number of rotatable bonds is 17. The van der Waals surface area contributed by atoms with Crippen molar-refractivity contribution in [3.63, 3.8) is 0 Å². The van der Waals surface area contributed by atoms with E-state index >= 15 is 0 Å². The van der Waals surface area contributed by atoms with E-state index in [1.165, 1.54) is 0 Å². The number of methoxy groups -OCH3 is 1. The molecule has 1 aliphatic heterocycles. The molecule has 1 aliphatic carbocycles. The fraction of sp³-hybridized carbons (Fsp3) is 0.500. The highest BCUT2D eigenvalue weighted by atomic mass is 16.5. The molecule has 6 atom stereocenters. The van der Waals surface area contributed by atoms with Gasteiger partial charge in [-0.1, -0.05) is 62.4 Å². The van der Waals surface area contributed by atoms with Gasteiger partial charge in [0.2, 0.25) is 11.8 Å². The van der Waals surface area contributed by atoms with Gasteiger partial charge in [0.25, 0.3) is 0 Å². The first kappa shape index (κ1) is 33.4. The molecule has 1 fully saturated rings. The second-order valence-corrected chi connectivity index (χ2v) is 12.4. The van der Waals surface area contributed by atoms with E-state index in [-0.39, 0.29) is 36.4 Å². The Morgan fingerprint density at radius 1 is 1.14 bits per heavy atom. The van der Waals surface area contributed by atoms with Crippen LogP contribution in [0.15, 0.2) is 73.8 Å². The molecule has 3 N–H and O–H groups in total. The van der Waals surface area contributed by atoms with Gasteiger partial charge in [-0.3, -0.25) is 9.59 Å². The topological polar surface area (TPSA) is 100 Å². The van der Waals surface area contributed by atoms with Gasteiger partial charge >= 0.3 is 0 Å². The number of fused-ring (bicyclic) bond motifs is 1. The summed E-state index contributed by atoms with van der Waals surface area (Å²) in [4.78, 5) is 28.8. The average molecular weight is 604 g/mol. The van der Waals surface area contributed by atoms with Gasteiger partial charge in [0.05, 0.1) is 32.0 Å². The Hall–Kier alpha value is -3.46. The van der Waals surface area contributed by atoms with Crippen molar-refractivity contribution in [1.29, 1.82) is 0 Å². The van der Waals surface area contributed by atoms with Crippen LogP contribution in [0, 0.1) is 11.8 Å². The molecule has 0 saturated carbocycles. The lowest BCUT2D eigenvalue weighted by Gasteiger charge is -2.31. The summed E-state index contributed by atoms with van der Waals surface area (Å²) < 4.78 is 11.5. The van der Waals surface area contributed by atoms with Gasteiger partial charge in [-0.15, -0.1) is 13.2 Å². The number of aliphatic hydroxyl groups excluding tert-OH is 1. The summed E-state index contributed by atoms with van der Waals surface area (Å²) in [6, 6.07) is 14.5. The maximum atomic E-state index is 13.8. The number of hydrogen-bond donors (Lipinski definition) is 3. The Kier molecular flexibility index (Phi) is 12.2. The van der Waals surface area contributed by atoms with E-state index in [0.29, 0.717) is 38.3 Å². The normalized spacial score (nSPS) is 21.5. The molecule has 2 amide bonds. The Bertz CT molecular complexity index is 1270. The highest BCUT2D eigenvalue weighted by molar-refractivity contribution is 5.90. The highest BCUT2D eigenvalue weighted by Gasteiger charge is 2.39. The zero-order valence-electron chi connectivity index (χ0n) is 26.4. The molecular formula is C36H49N3O5. The standard InChI is InChI=1S/C36H49N3O5/c1-6-11-32(39-17-16-26(36(39)42)19-24(3)4)35(41)38-31(20-25-12-9-8-10-13-25)33(40)23-37-30-22-34(44-18-7-2)28-15-14-27(43-5)21-29(28)30/h6-10,12-15,21,24,26,30-34,37,40H,1-2,11,16-20,22-23H2,3-5H3,(H,38,41)/t26-,30+,31+,32?,33-,34-/m1/s1. The predicted octanol–water partition coefficient (Wildman–Crippen LogP) is 4.90. The number of amides is 2. The van der Waals surface area contributed by atoms with E-state index in [0.717, 1.165) is 35.3 Å². The number of carbonyl (C=O) groups is 2. The van der Waals surface area contributed by atoms with Gasteiger partial charge in [0.1, 0.15) is 11.8 Å². The van der Waals surface area contributed by atoms with Gasteiger partial charge in [-0.2, -0.15) is 0 Å². The van der Waals surface area contributed by atoms with Crippen LogP contribution in [0.25, 0.3) is 0 Å². The van der Waals surface area contributed by atoms with Crippen molar-refractivity contribution in [2.24, 2.45) is 11.8 Å². The second-order valence-electron chi connectivity index (χ2n) is 12.4. The monoisotopic (exact) mass is 603 g/mol. The molecule has 1 heterocycles. The summed E-state index contributed by atoms with van der Waals surface area (Å²) in [6.45, 7) is 13.1. The predicted molar refractivity (Wildman–Crippen MR) is 173 cm³/mol. The van der Waals surface area contributed by atoms with Crippen molar-refractivity contribution in [2.75, 3.05) is 26.8 Å². The lowest BCUT2D eigenvalue weighted by atomic mass is 9.96. The number of ether oxygens (including phenoxy) is 2. The summed E-state index contributed by atoms with van der Waals surface area (Å²) in [5.41, 5.74) is 3.16. The lowest BCUT2D eigenvalue weighted by molar-refractivity contribution is -0.140. The molecule has 0 radical (unpaired) electrons. The number of nitrogens with one attached hydrogen (secondary N) is 2. The van der Waals surface area contributed by atoms with Crippen LogP contribution in [0.1, 0.15) is 68.4 Å². The van der Waals surface area contributed by atoms with Gasteiger partial charge in [-0.05, 0) is 66.8 Å². The van der Waals surface area contributed by atoms with Gasteiger partial charge in [0.15, 0.2) is 0 Å². The molecule has 0 spiro atoms. The Morgan fingerprint density at radius 3 is 2.59 bits per heavy atom. The number of nitrogens with zero attached hydrogens (tertiary/aromatic N) is 1. The fourth-order valence-corrected chi connectivity index (χ4v) is 6.51. The van der Waals surface area contributed by atoms with E-state index in [1.807, 2.05) is 48.5 Å². The second kappa shape index (κ2) is 16.0. The van der Waals surface area contributed by atoms with Crippen molar-refractivity contribution >= 4 is 11.8 Å². The lowest BCUT2D eigenvalue weighted by Crippen LogP contribution is -2.55. The SMILES string of the molecule is C=CCO[C@@H]1C[C@H](NC[C@@H](O)[C@H](Cc2ccccc2)NC(=O)C(CC=C)N2CC[C@H](CC(C)C)C2=O)c2cc(OC)ccc21. The third kappa shape index (κ3) is 8.37. The molecule has 238 valence electrons. The van der Waals surface area contributed by atoms with E-state index in [9.17, 15) is 14.7 Å². The first-order chi connectivity index (χ1) is 21.2. The Balaban J connectivity index is 1.49. The summed E-state index contributed by atoms with van der Waals surface area (Å²) in [6.07, 6.45) is 5.50. The third-order valence-electron chi connectivity index (χ3n) is 8.72.